The molecule has 0 bridgehead atoms. The number of rotatable bonds is 7. The van der Waals surface area contributed by atoms with Gasteiger partial charge < -0.3 is 15.0 Å². The zero-order valence-corrected chi connectivity index (χ0v) is 22.1. The molecule has 2 aromatic rings. The topological polar surface area (TPSA) is 77.5 Å². The Morgan fingerprint density at radius 1 is 1.03 bits per heavy atom. The number of carbonyl (C=O) groups excluding carboxylic acids is 2. The van der Waals surface area contributed by atoms with Crippen LogP contribution in [0, 0.1) is 11.6 Å². The Balaban J connectivity index is 1.56. The van der Waals surface area contributed by atoms with Crippen molar-refractivity contribution >= 4 is 17.6 Å². The molecule has 2 aliphatic heterocycles. The van der Waals surface area contributed by atoms with Gasteiger partial charge in [-0.3, -0.25) is 9.69 Å². The molecule has 1 atom stereocenters. The number of amides is 3. The summed E-state index contributed by atoms with van der Waals surface area (Å²) >= 11 is 0. The molecule has 8 nitrogen and oxygen atoms in total. The molecule has 2 heterocycles. The van der Waals surface area contributed by atoms with Crippen molar-refractivity contribution in [2.45, 2.75) is 38.8 Å². The van der Waals surface area contributed by atoms with Crippen LogP contribution in [0.15, 0.2) is 53.6 Å². The van der Waals surface area contributed by atoms with Gasteiger partial charge in [0.15, 0.2) is 0 Å². The number of nitrogens with zero attached hydrogens (tertiary/aromatic N) is 4. The molecule has 0 spiro atoms. The predicted molar refractivity (Wildman–Crippen MR) is 141 cm³/mol. The number of morpholine rings is 1. The van der Waals surface area contributed by atoms with Gasteiger partial charge in [0, 0.05) is 38.1 Å². The third-order valence-corrected chi connectivity index (χ3v) is 6.48. The van der Waals surface area contributed by atoms with Crippen molar-refractivity contribution in [3.8, 4) is 0 Å². The Labute approximate surface area is 222 Å². The molecule has 1 N–H and O–H groups in total. The monoisotopic (exact) mass is 527 g/mol. The number of halogens is 2. The minimum atomic E-state index is -0.477. The zero-order chi connectivity index (χ0) is 27.3. The van der Waals surface area contributed by atoms with E-state index in [1.807, 2.05) is 20.8 Å². The summed E-state index contributed by atoms with van der Waals surface area (Å²) in [5.74, 6) is -1.10. The van der Waals surface area contributed by atoms with Crippen molar-refractivity contribution in [1.29, 1.82) is 0 Å². The van der Waals surface area contributed by atoms with Crippen LogP contribution >= 0.6 is 0 Å². The predicted octanol–water partition coefficient (Wildman–Crippen LogP) is 3.78. The van der Waals surface area contributed by atoms with Gasteiger partial charge in [0.25, 0.3) is 5.91 Å². The summed E-state index contributed by atoms with van der Waals surface area (Å²) in [4.78, 5) is 30.6. The summed E-state index contributed by atoms with van der Waals surface area (Å²) in [5, 5.41) is 8.93. The highest BCUT2D eigenvalue weighted by atomic mass is 19.1. The van der Waals surface area contributed by atoms with Gasteiger partial charge in [-0.2, -0.15) is 5.10 Å². The average molecular weight is 528 g/mol. The van der Waals surface area contributed by atoms with Crippen LogP contribution in [-0.4, -0.2) is 83.9 Å². The molecular weight excluding hydrogens is 492 g/mol. The van der Waals surface area contributed by atoms with Crippen LogP contribution in [0.4, 0.5) is 13.6 Å². The van der Waals surface area contributed by atoms with Crippen LogP contribution in [0.25, 0.3) is 0 Å². The quantitative estimate of drug-likeness (QED) is 0.595. The summed E-state index contributed by atoms with van der Waals surface area (Å²) in [6.07, 6.45) is 0.380. The summed E-state index contributed by atoms with van der Waals surface area (Å²) < 4.78 is 32.6. The average Bonchev–Trinajstić information content (AvgIpc) is 3.32. The molecule has 204 valence electrons. The van der Waals surface area contributed by atoms with E-state index in [4.69, 9.17) is 4.74 Å². The Morgan fingerprint density at radius 2 is 1.63 bits per heavy atom. The van der Waals surface area contributed by atoms with Crippen LogP contribution in [-0.2, 0) is 9.53 Å². The largest absolute Gasteiger partial charge is 0.379 e. The minimum Gasteiger partial charge on any atom is -0.379 e. The fourth-order valence-corrected chi connectivity index (χ4v) is 4.48. The van der Waals surface area contributed by atoms with Gasteiger partial charge in [-0.25, -0.2) is 18.6 Å². The maximum Gasteiger partial charge on any atom is 0.318 e. The molecule has 0 saturated carbocycles. The van der Waals surface area contributed by atoms with Crippen LogP contribution in [0.1, 0.15) is 44.4 Å². The number of hydrazone groups is 1. The van der Waals surface area contributed by atoms with E-state index in [2.05, 4.69) is 15.3 Å². The molecule has 0 radical (unpaired) electrons. The smallest absolute Gasteiger partial charge is 0.318 e. The van der Waals surface area contributed by atoms with E-state index in [-0.39, 0.29) is 30.1 Å². The summed E-state index contributed by atoms with van der Waals surface area (Å²) in [7, 11) is 0. The van der Waals surface area contributed by atoms with E-state index in [1.165, 1.54) is 34.2 Å². The highest BCUT2D eigenvalue weighted by molar-refractivity contribution is 6.03. The Kier molecular flexibility index (Phi) is 8.73. The van der Waals surface area contributed by atoms with E-state index in [9.17, 15) is 18.4 Å². The second-order valence-corrected chi connectivity index (χ2v) is 10.6. The Bertz CT molecular complexity index is 1140. The van der Waals surface area contributed by atoms with Crippen molar-refractivity contribution in [2.75, 3.05) is 45.9 Å². The first-order valence-corrected chi connectivity index (χ1v) is 12.9. The second-order valence-electron chi connectivity index (χ2n) is 10.6. The van der Waals surface area contributed by atoms with Crippen molar-refractivity contribution in [1.82, 2.24) is 20.1 Å². The Morgan fingerprint density at radius 3 is 2.24 bits per heavy atom. The maximum absolute atomic E-state index is 13.7. The normalized spacial score (nSPS) is 18.3. The molecule has 38 heavy (non-hydrogen) atoms. The molecule has 2 aromatic carbocycles. The molecule has 1 fully saturated rings. The van der Waals surface area contributed by atoms with Gasteiger partial charge in [-0.1, -0.05) is 24.3 Å². The summed E-state index contributed by atoms with van der Waals surface area (Å²) in [6.45, 7) is 9.27. The zero-order valence-electron chi connectivity index (χ0n) is 22.1. The molecule has 3 amide bonds. The van der Waals surface area contributed by atoms with Crippen LogP contribution < -0.4 is 5.32 Å². The highest BCUT2D eigenvalue weighted by Crippen LogP contribution is 2.33. The van der Waals surface area contributed by atoms with Gasteiger partial charge in [0.2, 0.25) is 0 Å². The molecule has 0 aromatic heterocycles. The van der Waals surface area contributed by atoms with E-state index in [1.54, 1.807) is 24.3 Å². The van der Waals surface area contributed by atoms with Crippen molar-refractivity contribution in [2.24, 2.45) is 5.10 Å². The standard InChI is InChI=1S/C28H35F2N5O3/c1-28(2,3)31-27(37)34(13-12-33-14-16-38-17-15-33)19-26(36)35-25(21-6-10-23(30)11-7-21)18-24(32-35)20-4-8-22(29)9-5-20/h4-11,25H,12-19H2,1-3H3,(H,31,37)/t25-/m0/s1. The molecule has 0 unspecified atom stereocenters. The Hall–Kier alpha value is -3.37. The number of nitrogens with one attached hydrogen (secondary N) is 1. The third-order valence-electron chi connectivity index (χ3n) is 6.48. The number of urea groups is 1. The first-order valence-electron chi connectivity index (χ1n) is 12.9. The van der Waals surface area contributed by atoms with Crippen molar-refractivity contribution in [3.05, 3.63) is 71.3 Å². The van der Waals surface area contributed by atoms with Gasteiger partial charge in [-0.05, 0) is 56.2 Å². The van der Waals surface area contributed by atoms with Crippen molar-refractivity contribution in [3.63, 3.8) is 0 Å². The van der Waals surface area contributed by atoms with Gasteiger partial charge >= 0.3 is 6.03 Å². The first kappa shape index (κ1) is 27.7. The lowest BCUT2D eigenvalue weighted by molar-refractivity contribution is -0.133. The highest BCUT2D eigenvalue weighted by Gasteiger charge is 2.35. The van der Waals surface area contributed by atoms with E-state index >= 15 is 0 Å². The van der Waals surface area contributed by atoms with Gasteiger partial charge in [0.1, 0.15) is 18.2 Å². The van der Waals surface area contributed by atoms with E-state index in [0.717, 1.165) is 18.7 Å². The van der Waals surface area contributed by atoms with Crippen LogP contribution in [0.5, 0.6) is 0 Å². The molecule has 10 heteroatoms. The number of hydrogen-bond acceptors (Lipinski definition) is 5. The van der Waals surface area contributed by atoms with Gasteiger partial charge in [-0.15, -0.1) is 0 Å². The number of benzene rings is 2. The summed E-state index contributed by atoms with van der Waals surface area (Å²) in [6, 6.07) is 11.1. The molecule has 2 aliphatic rings. The van der Waals surface area contributed by atoms with Crippen molar-refractivity contribution < 1.29 is 23.1 Å². The minimum absolute atomic E-state index is 0.176. The SMILES string of the molecule is CC(C)(C)NC(=O)N(CCN1CCOCC1)CC(=O)N1N=C(c2ccc(F)cc2)C[C@H]1c1ccc(F)cc1. The number of carbonyl (C=O) groups is 2. The van der Waals surface area contributed by atoms with E-state index in [0.29, 0.717) is 44.0 Å². The van der Waals surface area contributed by atoms with Crippen LogP contribution in [0.3, 0.4) is 0 Å². The lowest BCUT2D eigenvalue weighted by atomic mass is 9.98. The molecule has 4 rings (SSSR count). The molecular formula is C28H35F2N5O3. The lowest BCUT2D eigenvalue weighted by Crippen LogP contribution is -2.53. The molecule has 1 saturated heterocycles. The maximum atomic E-state index is 13.7. The number of ether oxygens (including phenoxy) is 1. The fraction of sp³-hybridized carbons (Fsp3) is 0.464. The van der Waals surface area contributed by atoms with Crippen LogP contribution in [0.2, 0.25) is 0 Å². The van der Waals surface area contributed by atoms with Gasteiger partial charge in [0.05, 0.1) is 25.0 Å². The van der Waals surface area contributed by atoms with E-state index < -0.39 is 11.6 Å². The summed E-state index contributed by atoms with van der Waals surface area (Å²) in [5.41, 5.74) is 1.56. The first-order chi connectivity index (χ1) is 18.1. The molecule has 0 aliphatic carbocycles. The third kappa shape index (κ3) is 7.35. The number of hydrogen-bond donors (Lipinski definition) is 1. The second kappa shape index (κ2) is 12.0. The fourth-order valence-electron chi connectivity index (χ4n) is 4.48. The lowest BCUT2D eigenvalue weighted by Gasteiger charge is -2.32.